The summed E-state index contributed by atoms with van der Waals surface area (Å²) in [6, 6.07) is 3.65. The molecule has 0 spiro atoms. The fourth-order valence-electron chi connectivity index (χ4n) is 1.93. The van der Waals surface area contributed by atoms with Gasteiger partial charge in [-0.15, -0.1) is 6.58 Å². The van der Waals surface area contributed by atoms with Crippen LogP contribution in [0.5, 0.6) is 0 Å². The highest BCUT2D eigenvalue weighted by Gasteiger charge is 2.27. The Labute approximate surface area is 88.6 Å². The minimum Gasteiger partial charge on any atom is -0.294 e. The summed E-state index contributed by atoms with van der Waals surface area (Å²) < 4.78 is 0. The first-order valence-corrected chi connectivity index (χ1v) is 4.94. The Morgan fingerprint density at radius 2 is 1.87 bits per heavy atom. The second kappa shape index (κ2) is 3.46. The third kappa shape index (κ3) is 1.52. The molecule has 0 radical (unpaired) electrons. The molecule has 0 bridgehead atoms. The van der Waals surface area contributed by atoms with Gasteiger partial charge in [-0.25, -0.2) is 0 Å². The number of hydrogen-bond donors (Lipinski definition) is 0. The lowest BCUT2D eigenvalue weighted by atomic mass is 9.98. The van der Waals surface area contributed by atoms with E-state index in [4.69, 9.17) is 0 Å². The number of allylic oxidation sites excluding steroid dienone is 1. The first-order chi connectivity index (χ1) is 7.13. The second-order valence-electron chi connectivity index (χ2n) is 3.84. The Morgan fingerprint density at radius 3 is 2.47 bits per heavy atom. The highest BCUT2D eigenvalue weighted by Crippen LogP contribution is 2.25. The van der Waals surface area contributed by atoms with Crippen molar-refractivity contribution >= 4 is 11.6 Å². The fourth-order valence-corrected chi connectivity index (χ4v) is 1.93. The molecule has 0 aliphatic heterocycles. The third-order valence-electron chi connectivity index (χ3n) is 2.76. The number of aryl methyl sites for hydroxylation is 1. The van der Waals surface area contributed by atoms with Gasteiger partial charge in [0, 0.05) is 11.1 Å². The molecule has 0 fully saturated rings. The molecule has 1 aliphatic carbocycles. The van der Waals surface area contributed by atoms with Crippen molar-refractivity contribution in [2.75, 3.05) is 0 Å². The monoisotopic (exact) mass is 200 g/mol. The number of hydrogen-bond acceptors (Lipinski definition) is 2. The number of fused-ring (bicyclic) bond motifs is 1. The standard InChI is InChI=1S/C13H12O2/c1-3-4-9-6-11-10(5-8(9)2)12(14)7-13(11)15/h3,5-6H,1,4,7H2,2H3. The van der Waals surface area contributed by atoms with E-state index in [-0.39, 0.29) is 18.0 Å². The van der Waals surface area contributed by atoms with Crippen molar-refractivity contribution in [1.29, 1.82) is 0 Å². The van der Waals surface area contributed by atoms with E-state index in [9.17, 15) is 9.59 Å². The van der Waals surface area contributed by atoms with Crippen LogP contribution in [0.3, 0.4) is 0 Å². The summed E-state index contributed by atoms with van der Waals surface area (Å²) in [5, 5.41) is 0. The van der Waals surface area contributed by atoms with Gasteiger partial charge < -0.3 is 0 Å². The smallest absolute Gasteiger partial charge is 0.171 e. The average Bonchev–Trinajstić information content (AvgIpc) is 2.44. The topological polar surface area (TPSA) is 34.1 Å². The Morgan fingerprint density at radius 1 is 1.27 bits per heavy atom. The first kappa shape index (κ1) is 9.84. The molecule has 1 aliphatic rings. The molecule has 0 aromatic heterocycles. The lowest BCUT2D eigenvalue weighted by Crippen LogP contribution is -1.96. The summed E-state index contributed by atoms with van der Waals surface area (Å²) in [6.07, 6.45) is 2.57. The van der Waals surface area contributed by atoms with Crippen LogP contribution < -0.4 is 0 Å². The lowest BCUT2D eigenvalue weighted by molar-refractivity contribution is 0.0923. The number of carbonyl (C=O) groups excluding carboxylic acids is 2. The van der Waals surface area contributed by atoms with Gasteiger partial charge in [-0.05, 0) is 36.6 Å². The van der Waals surface area contributed by atoms with E-state index in [0.717, 1.165) is 17.5 Å². The normalized spacial score (nSPS) is 14.2. The van der Waals surface area contributed by atoms with Crippen LogP contribution in [-0.4, -0.2) is 11.6 Å². The van der Waals surface area contributed by atoms with E-state index < -0.39 is 0 Å². The van der Waals surface area contributed by atoms with Gasteiger partial charge in [0.05, 0.1) is 6.42 Å². The molecule has 1 aromatic rings. The fraction of sp³-hybridized carbons (Fsp3) is 0.231. The molecular weight excluding hydrogens is 188 g/mol. The Bertz CT molecular complexity index is 470. The van der Waals surface area contributed by atoms with Crippen molar-refractivity contribution in [3.05, 3.63) is 47.0 Å². The van der Waals surface area contributed by atoms with E-state index in [1.165, 1.54) is 0 Å². The van der Waals surface area contributed by atoms with E-state index >= 15 is 0 Å². The van der Waals surface area contributed by atoms with Gasteiger partial charge >= 0.3 is 0 Å². The van der Waals surface area contributed by atoms with Gasteiger partial charge in [0.25, 0.3) is 0 Å². The number of carbonyl (C=O) groups is 2. The number of Topliss-reactive ketones (excluding diaryl/α,β-unsaturated/α-hetero) is 2. The largest absolute Gasteiger partial charge is 0.294 e. The van der Waals surface area contributed by atoms with E-state index in [2.05, 4.69) is 6.58 Å². The molecule has 0 unspecified atom stereocenters. The molecule has 1 aromatic carbocycles. The van der Waals surface area contributed by atoms with Crippen LogP contribution in [0.25, 0.3) is 0 Å². The first-order valence-electron chi connectivity index (χ1n) is 4.94. The number of ketones is 2. The zero-order chi connectivity index (χ0) is 11.0. The van der Waals surface area contributed by atoms with Crippen LogP contribution in [0.1, 0.15) is 38.3 Å². The molecule has 2 nitrogen and oxygen atoms in total. The highest BCUT2D eigenvalue weighted by molar-refractivity contribution is 6.24. The molecule has 0 saturated heterocycles. The molecule has 0 atom stereocenters. The lowest BCUT2D eigenvalue weighted by Gasteiger charge is -2.05. The molecule has 2 rings (SSSR count). The van der Waals surface area contributed by atoms with Crippen molar-refractivity contribution in [2.24, 2.45) is 0 Å². The zero-order valence-electron chi connectivity index (χ0n) is 8.67. The minimum atomic E-state index is -0.0553. The predicted octanol–water partition coefficient (Wildman–Crippen LogP) is 2.49. The molecule has 76 valence electrons. The van der Waals surface area contributed by atoms with Gasteiger partial charge in [-0.3, -0.25) is 9.59 Å². The quantitative estimate of drug-likeness (QED) is 0.543. The Kier molecular flexibility index (Phi) is 2.27. The van der Waals surface area contributed by atoms with Crippen molar-refractivity contribution in [2.45, 2.75) is 19.8 Å². The van der Waals surface area contributed by atoms with Crippen LogP contribution in [0.15, 0.2) is 24.8 Å². The van der Waals surface area contributed by atoms with Crippen molar-refractivity contribution < 1.29 is 9.59 Å². The summed E-state index contributed by atoms with van der Waals surface area (Å²) in [7, 11) is 0. The minimum absolute atomic E-state index is 0.0340. The number of rotatable bonds is 2. The molecular formula is C13H12O2. The Balaban J connectivity index is 2.59. The summed E-state index contributed by atoms with van der Waals surface area (Å²) in [5.41, 5.74) is 3.30. The average molecular weight is 200 g/mol. The summed E-state index contributed by atoms with van der Waals surface area (Å²) in [6.45, 7) is 5.63. The van der Waals surface area contributed by atoms with Crippen LogP contribution in [0.4, 0.5) is 0 Å². The van der Waals surface area contributed by atoms with E-state index in [1.54, 1.807) is 6.08 Å². The maximum absolute atomic E-state index is 11.5. The maximum Gasteiger partial charge on any atom is 0.171 e. The van der Waals surface area contributed by atoms with Crippen LogP contribution >= 0.6 is 0 Å². The SMILES string of the molecule is C=CCc1cc2c(cc1C)C(=O)CC2=O. The second-order valence-corrected chi connectivity index (χ2v) is 3.84. The van der Waals surface area contributed by atoms with E-state index in [0.29, 0.717) is 11.1 Å². The zero-order valence-corrected chi connectivity index (χ0v) is 8.67. The summed E-state index contributed by atoms with van der Waals surface area (Å²) in [5.74, 6) is -0.108. The molecule has 0 saturated carbocycles. The summed E-state index contributed by atoms with van der Waals surface area (Å²) >= 11 is 0. The third-order valence-corrected chi connectivity index (χ3v) is 2.76. The van der Waals surface area contributed by atoms with Crippen LogP contribution in [-0.2, 0) is 6.42 Å². The maximum atomic E-state index is 11.5. The molecule has 0 amide bonds. The molecule has 0 N–H and O–H groups in total. The van der Waals surface area contributed by atoms with Crippen molar-refractivity contribution in [1.82, 2.24) is 0 Å². The van der Waals surface area contributed by atoms with Gasteiger partial charge in [-0.1, -0.05) is 6.08 Å². The molecule has 0 heterocycles. The van der Waals surface area contributed by atoms with Gasteiger partial charge in [-0.2, -0.15) is 0 Å². The van der Waals surface area contributed by atoms with Gasteiger partial charge in [0.2, 0.25) is 0 Å². The molecule has 15 heavy (non-hydrogen) atoms. The predicted molar refractivity (Wildman–Crippen MR) is 58.4 cm³/mol. The van der Waals surface area contributed by atoms with Crippen LogP contribution in [0.2, 0.25) is 0 Å². The van der Waals surface area contributed by atoms with Crippen molar-refractivity contribution in [3.63, 3.8) is 0 Å². The van der Waals surface area contributed by atoms with Crippen LogP contribution in [0, 0.1) is 6.92 Å². The van der Waals surface area contributed by atoms with Gasteiger partial charge in [0.15, 0.2) is 11.6 Å². The van der Waals surface area contributed by atoms with Crippen molar-refractivity contribution in [3.8, 4) is 0 Å². The summed E-state index contributed by atoms with van der Waals surface area (Å²) in [4.78, 5) is 23.0. The number of benzene rings is 1. The van der Waals surface area contributed by atoms with E-state index in [1.807, 2.05) is 19.1 Å². The molecule has 2 heteroatoms. The Hall–Kier alpha value is -1.70. The highest BCUT2D eigenvalue weighted by atomic mass is 16.2. The van der Waals surface area contributed by atoms with Gasteiger partial charge in [0.1, 0.15) is 0 Å².